The van der Waals surface area contributed by atoms with Gasteiger partial charge < -0.3 is 0 Å². The van der Waals surface area contributed by atoms with Gasteiger partial charge in [0.25, 0.3) is 10.0 Å². The lowest BCUT2D eigenvalue weighted by atomic mass is 10.3. The fourth-order valence-electron chi connectivity index (χ4n) is 1.38. The van der Waals surface area contributed by atoms with Crippen molar-refractivity contribution in [3.63, 3.8) is 0 Å². The first-order chi connectivity index (χ1) is 9.29. The van der Waals surface area contributed by atoms with E-state index >= 15 is 0 Å². The first-order valence-electron chi connectivity index (χ1n) is 5.25. The number of aromatic nitrogens is 2. The van der Waals surface area contributed by atoms with E-state index in [-0.39, 0.29) is 25.9 Å². The van der Waals surface area contributed by atoms with Gasteiger partial charge in [0.05, 0.1) is 10.7 Å². The van der Waals surface area contributed by atoms with Gasteiger partial charge in [0.15, 0.2) is 5.15 Å². The van der Waals surface area contributed by atoms with Crippen LogP contribution in [-0.4, -0.2) is 18.4 Å². The fourth-order valence-corrected chi connectivity index (χ4v) is 2.95. The molecule has 2 rings (SSSR count). The normalized spacial score (nSPS) is 11.4. The van der Waals surface area contributed by atoms with Crippen LogP contribution < -0.4 is 4.72 Å². The maximum absolute atomic E-state index is 12.2. The molecular formula is C11H8Cl3N3O2S. The summed E-state index contributed by atoms with van der Waals surface area (Å²) in [7, 11) is -3.87. The van der Waals surface area contributed by atoms with Crippen LogP contribution in [0.15, 0.2) is 29.4 Å². The van der Waals surface area contributed by atoms with Gasteiger partial charge in [-0.3, -0.25) is 4.72 Å². The Balaban J connectivity index is 2.40. The minimum atomic E-state index is -3.87. The summed E-state index contributed by atoms with van der Waals surface area (Å²) in [5.74, 6) is 0. The summed E-state index contributed by atoms with van der Waals surface area (Å²) in [5, 5.41) is 0.121. The molecular weight excluding hydrogens is 345 g/mol. The molecule has 0 saturated heterocycles. The molecule has 0 bridgehead atoms. The number of hydrogen-bond donors (Lipinski definition) is 1. The Hall–Kier alpha value is -1.08. The maximum Gasteiger partial charge on any atom is 0.263 e. The van der Waals surface area contributed by atoms with Gasteiger partial charge in [-0.05, 0) is 24.6 Å². The monoisotopic (exact) mass is 351 g/mol. The molecule has 0 amide bonds. The molecule has 0 atom stereocenters. The molecule has 5 nitrogen and oxygen atoms in total. The molecule has 20 heavy (non-hydrogen) atoms. The van der Waals surface area contributed by atoms with Gasteiger partial charge in [0.1, 0.15) is 10.0 Å². The van der Waals surface area contributed by atoms with Crippen molar-refractivity contribution >= 4 is 50.5 Å². The van der Waals surface area contributed by atoms with Gasteiger partial charge in [-0.2, -0.15) is 0 Å². The van der Waals surface area contributed by atoms with E-state index < -0.39 is 10.0 Å². The summed E-state index contributed by atoms with van der Waals surface area (Å²) in [6, 6.07) is 2.77. The molecule has 0 aliphatic carbocycles. The van der Waals surface area contributed by atoms with Crippen molar-refractivity contribution in [1.82, 2.24) is 9.97 Å². The Bertz CT molecular complexity index is 766. The lowest BCUT2D eigenvalue weighted by Crippen LogP contribution is -2.14. The average Bonchev–Trinajstić information content (AvgIpc) is 2.36. The average molecular weight is 353 g/mol. The van der Waals surface area contributed by atoms with Crippen LogP contribution in [0.4, 0.5) is 5.69 Å². The molecule has 9 heteroatoms. The highest BCUT2D eigenvalue weighted by molar-refractivity contribution is 7.92. The highest BCUT2D eigenvalue weighted by Crippen LogP contribution is 2.26. The van der Waals surface area contributed by atoms with Crippen LogP contribution >= 0.6 is 34.8 Å². The number of anilines is 1. The number of pyridine rings is 2. The number of halogens is 3. The van der Waals surface area contributed by atoms with Gasteiger partial charge in [-0.1, -0.05) is 34.8 Å². The minimum Gasteiger partial charge on any atom is -0.276 e. The highest BCUT2D eigenvalue weighted by Gasteiger charge is 2.18. The molecule has 0 fully saturated rings. The molecule has 0 aliphatic rings. The predicted molar refractivity (Wildman–Crippen MR) is 79.0 cm³/mol. The van der Waals surface area contributed by atoms with Crippen molar-refractivity contribution in [1.29, 1.82) is 0 Å². The molecule has 0 saturated carbocycles. The van der Waals surface area contributed by atoms with Crippen LogP contribution in [-0.2, 0) is 10.0 Å². The summed E-state index contributed by atoms with van der Waals surface area (Å²) >= 11 is 17.2. The molecule has 2 aromatic heterocycles. The summed E-state index contributed by atoms with van der Waals surface area (Å²) in [6.45, 7) is 1.77. The zero-order valence-electron chi connectivity index (χ0n) is 10.1. The second-order valence-electron chi connectivity index (χ2n) is 3.90. The van der Waals surface area contributed by atoms with E-state index in [9.17, 15) is 8.42 Å². The van der Waals surface area contributed by atoms with Gasteiger partial charge in [-0.15, -0.1) is 0 Å². The zero-order valence-corrected chi connectivity index (χ0v) is 13.1. The van der Waals surface area contributed by atoms with Crippen LogP contribution in [0, 0.1) is 6.92 Å². The number of nitrogens with one attached hydrogen (secondary N) is 1. The topological polar surface area (TPSA) is 72.0 Å². The highest BCUT2D eigenvalue weighted by atomic mass is 35.5. The number of aryl methyl sites for hydroxylation is 1. The van der Waals surface area contributed by atoms with Crippen molar-refractivity contribution in [2.45, 2.75) is 11.8 Å². The van der Waals surface area contributed by atoms with E-state index in [1.807, 2.05) is 0 Å². The largest absolute Gasteiger partial charge is 0.276 e. The first kappa shape index (κ1) is 15.3. The number of nitrogens with zero attached hydrogens (tertiary/aromatic N) is 2. The third-order valence-corrected chi connectivity index (χ3v) is 4.62. The summed E-state index contributed by atoms with van der Waals surface area (Å²) in [5.41, 5.74) is 0.942. The van der Waals surface area contributed by atoms with Crippen LogP contribution in [0.25, 0.3) is 0 Å². The molecule has 0 aromatic carbocycles. The number of hydrogen-bond acceptors (Lipinski definition) is 4. The standard InChI is InChI=1S/C11H8Cl3N3O2S/c1-6-2-9(11(14)15-4-6)17-20(18,19)7-3-8(12)10(13)16-5-7/h2-5,17H,1H3. The van der Waals surface area contributed by atoms with Crippen molar-refractivity contribution in [2.24, 2.45) is 0 Å². The second-order valence-corrected chi connectivity index (χ2v) is 6.71. The second kappa shape index (κ2) is 5.73. The molecule has 0 spiro atoms. The Morgan fingerprint density at radius 2 is 1.70 bits per heavy atom. The lowest BCUT2D eigenvalue weighted by molar-refractivity contribution is 0.601. The van der Waals surface area contributed by atoms with Crippen molar-refractivity contribution in [3.05, 3.63) is 45.4 Å². The van der Waals surface area contributed by atoms with Gasteiger partial charge in [0.2, 0.25) is 0 Å². The molecule has 0 unspecified atom stereocenters. The van der Waals surface area contributed by atoms with E-state index in [0.29, 0.717) is 0 Å². The molecule has 2 heterocycles. The first-order valence-corrected chi connectivity index (χ1v) is 7.87. The molecule has 0 radical (unpaired) electrons. The lowest BCUT2D eigenvalue weighted by Gasteiger charge is -2.10. The van der Waals surface area contributed by atoms with Gasteiger partial charge in [-0.25, -0.2) is 18.4 Å². The molecule has 106 valence electrons. The Kier molecular flexibility index (Phi) is 4.39. The van der Waals surface area contributed by atoms with Gasteiger partial charge in [0, 0.05) is 12.4 Å². The third kappa shape index (κ3) is 3.32. The third-order valence-electron chi connectivity index (χ3n) is 2.30. The smallest absolute Gasteiger partial charge is 0.263 e. The van der Waals surface area contributed by atoms with Crippen LogP contribution in [0.5, 0.6) is 0 Å². The molecule has 0 aliphatic heterocycles. The minimum absolute atomic E-state index is 0.0286. The van der Waals surface area contributed by atoms with Crippen molar-refractivity contribution in [3.8, 4) is 0 Å². The van der Waals surface area contributed by atoms with Crippen molar-refractivity contribution in [2.75, 3.05) is 4.72 Å². The van der Waals surface area contributed by atoms with Gasteiger partial charge >= 0.3 is 0 Å². The SMILES string of the molecule is Cc1cnc(Cl)c(NS(=O)(=O)c2cnc(Cl)c(Cl)c2)c1. The Morgan fingerprint density at radius 1 is 1.05 bits per heavy atom. The summed E-state index contributed by atoms with van der Waals surface area (Å²) in [6.07, 6.45) is 2.63. The Labute approximate surface area is 131 Å². The Morgan fingerprint density at radius 3 is 2.35 bits per heavy atom. The van der Waals surface area contributed by atoms with Crippen LogP contribution in [0.1, 0.15) is 5.56 Å². The fraction of sp³-hybridized carbons (Fsp3) is 0.0909. The van der Waals surface area contributed by atoms with E-state index in [1.165, 1.54) is 12.3 Å². The van der Waals surface area contributed by atoms with Crippen LogP contribution in [0.2, 0.25) is 15.3 Å². The van der Waals surface area contributed by atoms with Crippen LogP contribution in [0.3, 0.4) is 0 Å². The van der Waals surface area contributed by atoms with E-state index in [1.54, 1.807) is 13.0 Å². The van der Waals surface area contributed by atoms with E-state index in [0.717, 1.165) is 11.8 Å². The summed E-state index contributed by atoms with van der Waals surface area (Å²) in [4.78, 5) is 7.44. The maximum atomic E-state index is 12.2. The van der Waals surface area contributed by atoms with E-state index in [4.69, 9.17) is 34.8 Å². The quantitative estimate of drug-likeness (QED) is 0.858. The molecule has 1 N–H and O–H groups in total. The summed E-state index contributed by atoms with van der Waals surface area (Å²) < 4.78 is 26.7. The predicted octanol–water partition coefficient (Wildman–Crippen LogP) is 3.55. The number of sulfonamides is 1. The molecule has 2 aromatic rings. The zero-order chi connectivity index (χ0) is 14.9. The van der Waals surface area contributed by atoms with Crippen molar-refractivity contribution < 1.29 is 8.42 Å². The van der Waals surface area contributed by atoms with E-state index in [2.05, 4.69) is 14.7 Å². The number of rotatable bonds is 3.